The summed E-state index contributed by atoms with van der Waals surface area (Å²) in [5, 5.41) is 7.47. The molecule has 0 spiro atoms. The summed E-state index contributed by atoms with van der Waals surface area (Å²) >= 11 is 0. The van der Waals surface area contributed by atoms with Crippen molar-refractivity contribution in [3.8, 4) is 11.4 Å². The quantitative estimate of drug-likeness (QED) is 0.748. The van der Waals surface area contributed by atoms with Gasteiger partial charge in [0.1, 0.15) is 5.52 Å². The number of anilines is 1. The molecule has 0 unspecified atom stereocenters. The monoisotopic (exact) mass is 365 g/mol. The molecule has 1 fully saturated rings. The van der Waals surface area contributed by atoms with Crippen molar-refractivity contribution in [1.82, 2.24) is 19.9 Å². The van der Waals surface area contributed by atoms with Crippen LogP contribution in [0.4, 0.5) is 5.82 Å². The highest BCUT2D eigenvalue weighted by atomic mass is 16.5. The number of aromatic nitrogens is 3. The number of benzene rings is 1. The summed E-state index contributed by atoms with van der Waals surface area (Å²) in [6.45, 7) is 5.63. The van der Waals surface area contributed by atoms with E-state index in [-0.39, 0.29) is 5.91 Å². The zero-order chi connectivity index (χ0) is 18.6. The lowest BCUT2D eigenvalue weighted by atomic mass is 10.1. The highest BCUT2D eigenvalue weighted by Crippen LogP contribution is 2.24. The minimum absolute atomic E-state index is 0.0323. The molecule has 7 heteroatoms. The molecule has 1 aliphatic heterocycles. The summed E-state index contributed by atoms with van der Waals surface area (Å²) in [7, 11) is 0. The third kappa shape index (κ3) is 3.78. The van der Waals surface area contributed by atoms with Gasteiger partial charge >= 0.3 is 0 Å². The van der Waals surface area contributed by atoms with Crippen molar-refractivity contribution in [1.29, 1.82) is 0 Å². The van der Waals surface area contributed by atoms with Gasteiger partial charge < -0.3 is 15.0 Å². The summed E-state index contributed by atoms with van der Waals surface area (Å²) in [6.07, 6.45) is 2.32. The first-order valence-corrected chi connectivity index (χ1v) is 9.28. The van der Waals surface area contributed by atoms with Crippen LogP contribution in [0.3, 0.4) is 0 Å². The van der Waals surface area contributed by atoms with Crippen molar-refractivity contribution in [2.75, 3.05) is 37.7 Å². The fourth-order valence-electron chi connectivity index (χ4n) is 3.27. The van der Waals surface area contributed by atoms with Gasteiger partial charge in [-0.1, -0.05) is 24.3 Å². The smallest absolute Gasteiger partial charge is 0.224 e. The summed E-state index contributed by atoms with van der Waals surface area (Å²) in [5.74, 6) is 1.63. The number of amides is 1. The number of rotatable bonds is 5. The van der Waals surface area contributed by atoms with Gasteiger partial charge in [0.15, 0.2) is 11.6 Å². The van der Waals surface area contributed by atoms with Gasteiger partial charge in [0.05, 0.1) is 19.6 Å². The van der Waals surface area contributed by atoms with Gasteiger partial charge in [-0.05, 0) is 24.6 Å². The Morgan fingerprint density at radius 3 is 2.70 bits per heavy atom. The minimum Gasteiger partial charge on any atom is -0.378 e. The largest absolute Gasteiger partial charge is 0.378 e. The molecule has 27 heavy (non-hydrogen) atoms. The van der Waals surface area contributed by atoms with Crippen LogP contribution in [0.15, 0.2) is 42.6 Å². The Labute approximate surface area is 158 Å². The Hall–Kier alpha value is -2.93. The highest BCUT2D eigenvalue weighted by molar-refractivity contribution is 5.78. The molecule has 1 aliphatic rings. The third-order valence-corrected chi connectivity index (χ3v) is 4.63. The first kappa shape index (κ1) is 17.5. The molecule has 7 nitrogen and oxygen atoms in total. The molecule has 140 valence electrons. The van der Waals surface area contributed by atoms with E-state index >= 15 is 0 Å². The number of carbonyl (C=O) groups excluding carboxylic acids is 1. The topological polar surface area (TPSA) is 71.8 Å². The highest BCUT2D eigenvalue weighted by Gasteiger charge is 2.18. The fourth-order valence-corrected chi connectivity index (χ4v) is 3.27. The summed E-state index contributed by atoms with van der Waals surface area (Å²) in [4.78, 5) is 18.8. The van der Waals surface area contributed by atoms with Gasteiger partial charge in [-0.2, -0.15) is 0 Å². The number of hydrogen-bond acceptors (Lipinski definition) is 5. The zero-order valence-electron chi connectivity index (χ0n) is 15.4. The molecule has 1 amide bonds. The Bertz CT molecular complexity index is 929. The summed E-state index contributed by atoms with van der Waals surface area (Å²) in [6, 6.07) is 11.9. The van der Waals surface area contributed by atoms with Crippen molar-refractivity contribution < 1.29 is 9.53 Å². The van der Waals surface area contributed by atoms with E-state index in [4.69, 9.17) is 9.72 Å². The fraction of sp³-hybridized carbons (Fsp3) is 0.350. The van der Waals surface area contributed by atoms with Gasteiger partial charge in [0, 0.05) is 31.4 Å². The molecular formula is C20H23N5O2. The number of ether oxygens (including phenoxy) is 1. The van der Waals surface area contributed by atoms with Crippen LogP contribution in [0, 0.1) is 0 Å². The van der Waals surface area contributed by atoms with Crippen LogP contribution < -0.4 is 10.2 Å². The standard InChI is InChI=1S/C20H23N5O2/c1-2-21-18(26)14-15-5-7-16(8-6-15)19-22-20(24-10-12-27-13-11-24)17-4-3-9-25(17)23-19/h3-9H,2,10-14H2,1H3,(H,21,26). The maximum Gasteiger partial charge on any atom is 0.224 e. The number of likely N-dealkylation sites (N-methyl/N-ethyl adjacent to an activating group) is 1. The molecule has 1 saturated heterocycles. The average Bonchev–Trinajstić information content (AvgIpc) is 3.17. The molecule has 0 aliphatic carbocycles. The van der Waals surface area contributed by atoms with Gasteiger partial charge in [0.2, 0.25) is 5.91 Å². The third-order valence-electron chi connectivity index (χ3n) is 4.63. The molecule has 1 aromatic carbocycles. The van der Waals surface area contributed by atoms with Crippen molar-refractivity contribution in [2.45, 2.75) is 13.3 Å². The first-order chi connectivity index (χ1) is 13.2. The molecule has 4 rings (SSSR count). The molecule has 3 aromatic rings. The van der Waals surface area contributed by atoms with Gasteiger partial charge in [-0.15, -0.1) is 5.10 Å². The van der Waals surface area contributed by atoms with Crippen molar-refractivity contribution in [3.05, 3.63) is 48.2 Å². The zero-order valence-corrected chi connectivity index (χ0v) is 15.4. The van der Waals surface area contributed by atoms with Gasteiger partial charge in [-0.25, -0.2) is 9.50 Å². The average molecular weight is 365 g/mol. The van der Waals surface area contributed by atoms with Crippen LogP contribution in [-0.4, -0.2) is 53.4 Å². The van der Waals surface area contributed by atoms with E-state index in [1.807, 2.05) is 54.0 Å². The van der Waals surface area contributed by atoms with Crippen LogP contribution in [0.2, 0.25) is 0 Å². The van der Waals surface area contributed by atoms with Crippen LogP contribution in [-0.2, 0) is 16.0 Å². The first-order valence-electron chi connectivity index (χ1n) is 9.28. The number of nitrogens with zero attached hydrogens (tertiary/aromatic N) is 4. The lowest BCUT2D eigenvalue weighted by molar-refractivity contribution is -0.120. The summed E-state index contributed by atoms with van der Waals surface area (Å²) in [5.41, 5.74) is 2.90. The molecule has 0 bridgehead atoms. The Morgan fingerprint density at radius 2 is 1.96 bits per heavy atom. The van der Waals surface area contributed by atoms with Crippen molar-refractivity contribution >= 4 is 17.2 Å². The second-order valence-electron chi connectivity index (χ2n) is 6.52. The van der Waals surface area contributed by atoms with Crippen LogP contribution in [0.5, 0.6) is 0 Å². The van der Waals surface area contributed by atoms with Crippen molar-refractivity contribution in [3.63, 3.8) is 0 Å². The molecule has 1 N–H and O–H groups in total. The predicted molar refractivity (Wildman–Crippen MR) is 104 cm³/mol. The Kier molecular flexibility index (Phi) is 5.02. The number of hydrogen-bond donors (Lipinski definition) is 1. The van der Waals surface area contributed by atoms with Crippen molar-refractivity contribution in [2.24, 2.45) is 0 Å². The number of morpholine rings is 1. The number of fused-ring (bicyclic) bond motifs is 1. The van der Waals surface area contributed by atoms with E-state index in [1.54, 1.807) is 0 Å². The van der Waals surface area contributed by atoms with Crippen LogP contribution in [0.1, 0.15) is 12.5 Å². The maximum atomic E-state index is 11.7. The maximum absolute atomic E-state index is 11.7. The number of nitrogens with one attached hydrogen (secondary N) is 1. The molecule has 0 saturated carbocycles. The van der Waals surface area contributed by atoms with Gasteiger partial charge in [-0.3, -0.25) is 4.79 Å². The normalized spacial score (nSPS) is 14.5. The van der Waals surface area contributed by atoms with E-state index in [0.29, 0.717) is 32.0 Å². The Morgan fingerprint density at radius 1 is 1.19 bits per heavy atom. The van der Waals surface area contributed by atoms with Crippen LogP contribution >= 0.6 is 0 Å². The van der Waals surface area contributed by atoms with Crippen LogP contribution in [0.25, 0.3) is 16.9 Å². The van der Waals surface area contributed by atoms with E-state index in [0.717, 1.165) is 35.6 Å². The summed E-state index contributed by atoms with van der Waals surface area (Å²) < 4.78 is 7.34. The second-order valence-corrected chi connectivity index (χ2v) is 6.52. The Balaban J connectivity index is 1.64. The molecule has 0 atom stereocenters. The lowest BCUT2D eigenvalue weighted by Gasteiger charge is -2.28. The lowest BCUT2D eigenvalue weighted by Crippen LogP contribution is -2.37. The van der Waals surface area contributed by atoms with E-state index in [2.05, 4.69) is 15.3 Å². The molecule has 3 heterocycles. The molecular weight excluding hydrogens is 342 g/mol. The minimum atomic E-state index is 0.0323. The van der Waals surface area contributed by atoms with E-state index < -0.39 is 0 Å². The van der Waals surface area contributed by atoms with E-state index in [1.165, 1.54) is 0 Å². The second kappa shape index (κ2) is 7.75. The SMILES string of the molecule is CCNC(=O)Cc1ccc(-c2nc(N3CCOCC3)c3cccn3n2)cc1. The molecule has 0 radical (unpaired) electrons. The van der Waals surface area contributed by atoms with Gasteiger partial charge in [0.25, 0.3) is 0 Å². The molecule has 2 aromatic heterocycles. The number of carbonyl (C=O) groups is 1. The van der Waals surface area contributed by atoms with E-state index in [9.17, 15) is 4.79 Å². The predicted octanol–water partition coefficient (Wildman–Crippen LogP) is 1.91.